The molecule has 0 N–H and O–H groups in total. The Balaban J connectivity index is 1.18. The fraction of sp³-hybridized carbons (Fsp3) is 0.680. The number of hydrogen-bond donors (Lipinski definition) is 0. The first-order chi connectivity index (χ1) is 16.1. The third-order valence-electron chi connectivity index (χ3n) is 7.60. The zero-order valence-corrected chi connectivity index (χ0v) is 19.5. The first kappa shape index (κ1) is 22.5. The molecule has 1 aromatic rings. The number of benzene rings is 1. The number of carbonyl (C=O) groups excluding carboxylic acids is 2. The average Bonchev–Trinajstić information content (AvgIpc) is 3.23. The van der Waals surface area contributed by atoms with Crippen LogP contribution in [0, 0.1) is 0 Å². The van der Waals surface area contributed by atoms with Crippen LogP contribution in [0.25, 0.3) is 0 Å². The van der Waals surface area contributed by atoms with E-state index in [1.165, 1.54) is 39.5 Å². The molecule has 8 heteroatoms. The number of hydrogen-bond acceptors (Lipinski definition) is 6. The number of nitrogens with zero attached hydrogens (tertiary/aromatic N) is 3. The van der Waals surface area contributed by atoms with E-state index < -0.39 is 0 Å². The van der Waals surface area contributed by atoms with E-state index >= 15 is 0 Å². The number of ether oxygens (including phenoxy) is 3. The summed E-state index contributed by atoms with van der Waals surface area (Å²) in [6.45, 7) is 3.86. The van der Waals surface area contributed by atoms with Gasteiger partial charge in [0.2, 0.25) is 5.91 Å². The van der Waals surface area contributed by atoms with Crippen molar-refractivity contribution in [2.75, 3.05) is 44.8 Å². The highest BCUT2D eigenvalue weighted by atomic mass is 16.5. The van der Waals surface area contributed by atoms with Crippen LogP contribution < -0.4 is 9.64 Å². The Labute approximate surface area is 195 Å². The largest absolute Gasteiger partial charge is 0.490 e. The van der Waals surface area contributed by atoms with E-state index in [-0.39, 0.29) is 30.3 Å². The molecule has 1 aliphatic carbocycles. The van der Waals surface area contributed by atoms with Gasteiger partial charge in [-0.05, 0) is 56.6 Å². The summed E-state index contributed by atoms with van der Waals surface area (Å²) in [5.41, 5.74) is 0.855. The Bertz CT molecular complexity index is 835. The summed E-state index contributed by atoms with van der Waals surface area (Å²) < 4.78 is 17.0. The van der Waals surface area contributed by atoms with Gasteiger partial charge < -0.3 is 28.9 Å². The van der Waals surface area contributed by atoms with Crippen LogP contribution in [0.15, 0.2) is 24.3 Å². The number of anilines is 1. The molecule has 3 heterocycles. The second-order valence-electron chi connectivity index (χ2n) is 9.65. The number of likely N-dealkylation sites (tertiary alicyclic amines) is 1. The molecule has 0 bridgehead atoms. The van der Waals surface area contributed by atoms with Crippen molar-refractivity contribution < 1.29 is 23.8 Å². The van der Waals surface area contributed by atoms with Gasteiger partial charge in [0.05, 0.1) is 32.4 Å². The van der Waals surface area contributed by atoms with Crippen molar-refractivity contribution in [2.24, 2.45) is 0 Å². The lowest BCUT2D eigenvalue weighted by Crippen LogP contribution is -2.53. The van der Waals surface area contributed by atoms with Crippen molar-refractivity contribution in [2.45, 2.75) is 69.2 Å². The minimum atomic E-state index is -0.348. The van der Waals surface area contributed by atoms with Crippen molar-refractivity contribution in [3.05, 3.63) is 24.3 Å². The summed E-state index contributed by atoms with van der Waals surface area (Å²) in [6, 6.07) is 8.45. The second-order valence-corrected chi connectivity index (χ2v) is 9.65. The lowest BCUT2D eigenvalue weighted by atomic mass is 9.86. The third kappa shape index (κ3) is 4.82. The van der Waals surface area contributed by atoms with Gasteiger partial charge in [-0.2, -0.15) is 0 Å². The lowest BCUT2D eigenvalue weighted by Gasteiger charge is -2.44. The molecule has 0 radical (unpaired) electrons. The maximum Gasteiger partial charge on any atom is 0.409 e. The number of piperidine rings is 1. The van der Waals surface area contributed by atoms with E-state index in [2.05, 4.69) is 4.90 Å². The molecule has 2 atom stereocenters. The average molecular weight is 458 g/mol. The quantitative estimate of drug-likeness (QED) is 0.677. The van der Waals surface area contributed by atoms with Crippen molar-refractivity contribution in [3.8, 4) is 5.75 Å². The van der Waals surface area contributed by atoms with E-state index in [0.29, 0.717) is 32.2 Å². The molecule has 5 rings (SSSR count). The number of carbonyl (C=O) groups is 2. The highest BCUT2D eigenvalue weighted by Gasteiger charge is 2.41. The topological polar surface area (TPSA) is 71.5 Å². The van der Waals surface area contributed by atoms with Gasteiger partial charge in [0.15, 0.2) is 0 Å². The van der Waals surface area contributed by atoms with Gasteiger partial charge >= 0.3 is 6.09 Å². The van der Waals surface area contributed by atoms with Crippen LogP contribution >= 0.6 is 0 Å². The predicted molar refractivity (Wildman–Crippen MR) is 124 cm³/mol. The van der Waals surface area contributed by atoms with E-state index in [1.807, 2.05) is 29.2 Å². The molecular weight excluding hydrogens is 422 g/mol. The molecule has 180 valence electrons. The molecule has 2 amide bonds. The normalized spacial score (nSPS) is 30.8. The van der Waals surface area contributed by atoms with E-state index in [0.717, 1.165) is 30.7 Å². The van der Waals surface area contributed by atoms with Gasteiger partial charge in [0.1, 0.15) is 11.9 Å². The Hall–Kier alpha value is -2.32. The molecule has 3 saturated heterocycles. The highest BCUT2D eigenvalue weighted by molar-refractivity contribution is 5.96. The third-order valence-corrected chi connectivity index (χ3v) is 7.60. The summed E-state index contributed by atoms with van der Waals surface area (Å²) in [4.78, 5) is 30.8. The van der Waals surface area contributed by atoms with Gasteiger partial charge in [-0.1, -0.05) is 6.42 Å². The number of amides is 2. The van der Waals surface area contributed by atoms with Crippen LogP contribution in [0.4, 0.5) is 10.5 Å². The van der Waals surface area contributed by atoms with E-state index in [1.54, 1.807) is 4.90 Å². The number of methoxy groups -OCH3 is 1. The zero-order valence-electron chi connectivity index (χ0n) is 19.5. The summed E-state index contributed by atoms with van der Waals surface area (Å²) in [7, 11) is 1.39. The Kier molecular flexibility index (Phi) is 6.74. The van der Waals surface area contributed by atoms with Gasteiger partial charge in [0.25, 0.3) is 0 Å². The zero-order chi connectivity index (χ0) is 22.8. The molecule has 0 aromatic heterocycles. The monoisotopic (exact) mass is 457 g/mol. The number of rotatable bonds is 5. The molecular formula is C25H35N3O5. The summed E-state index contributed by atoms with van der Waals surface area (Å²) in [6.07, 6.45) is 7.14. The Morgan fingerprint density at radius 3 is 2.55 bits per heavy atom. The Morgan fingerprint density at radius 2 is 1.82 bits per heavy atom. The minimum Gasteiger partial charge on any atom is -0.490 e. The van der Waals surface area contributed by atoms with Gasteiger partial charge in [-0.3, -0.25) is 4.79 Å². The maximum atomic E-state index is 12.7. The van der Waals surface area contributed by atoms with E-state index in [9.17, 15) is 9.59 Å². The van der Waals surface area contributed by atoms with Crippen LogP contribution in [0.2, 0.25) is 0 Å². The second kappa shape index (κ2) is 9.89. The van der Waals surface area contributed by atoms with E-state index in [4.69, 9.17) is 14.2 Å². The molecule has 3 aliphatic heterocycles. The van der Waals surface area contributed by atoms with Crippen LogP contribution in [-0.4, -0.2) is 86.0 Å². The molecule has 33 heavy (non-hydrogen) atoms. The molecule has 1 unspecified atom stereocenters. The number of morpholine rings is 1. The summed E-state index contributed by atoms with van der Waals surface area (Å²) >= 11 is 0. The smallest absolute Gasteiger partial charge is 0.409 e. The molecule has 8 nitrogen and oxygen atoms in total. The van der Waals surface area contributed by atoms with Crippen LogP contribution in [0.3, 0.4) is 0 Å². The first-order valence-electron chi connectivity index (χ1n) is 12.4. The summed E-state index contributed by atoms with van der Waals surface area (Å²) in [5.74, 6) is 0.950. The Morgan fingerprint density at radius 1 is 1.06 bits per heavy atom. The van der Waals surface area contributed by atoms with Crippen LogP contribution in [0.1, 0.15) is 44.9 Å². The van der Waals surface area contributed by atoms with Gasteiger partial charge in [-0.15, -0.1) is 0 Å². The van der Waals surface area contributed by atoms with Gasteiger partial charge in [-0.25, -0.2) is 4.79 Å². The highest BCUT2D eigenvalue weighted by Crippen LogP contribution is 2.34. The molecule has 4 fully saturated rings. The van der Waals surface area contributed by atoms with Crippen molar-refractivity contribution >= 4 is 17.7 Å². The molecule has 1 aromatic carbocycles. The fourth-order valence-electron chi connectivity index (χ4n) is 5.69. The minimum absolute atomic E-state index is 0.0892. The SMILES string of the molecule is COC(=O)N1CCO[C@H](C2CCC(=O)N2c2ccc(OC3CC(N4CCCCC4)C3)cc2)C1. The standard InChI is InChI=1S/C25H35N3O5/c1-31-25(30)27-13-14-32-23(17-27)22-9-10-24(29)28(22)18-5-7-20(8-6-18)33-21-15-19(16-21)26-11-3-2-4-12-26/h5-8,19,21-23H,2-4,9-17H2,1H3/t19?,21?,22?,23-/m0/s1. The van der Waals surface area contributed by atoms with Crippen LogP contribution in [-0.2, 0) is 14.3 Å². The molecule has 0 spiro atoms. The van der Waals surface area contributed by atoms with Crippen molar-refractivity contribution in [1.29, 1.82) is 0 Å². The maximum absolute atomic E-state index is 12.7. The fourth-order valence-corrected chi connectivity index (χ4v) is 5.69. The molecule has 1 saturated carbocycles. The van der Waals surface area contributed by atoms with Gasteiger partial charge in [0, 0.05) is 37.5 Å². The van der Waals surface area contributed by atoms with Crippen molar-refractivity contribution in [3.63, 3.8) is 0 Å². The lowest BCUT2D eigenvalue weighted by molar-refractivity contribution is -0.117. The van der Waals surface area contributed by atoms with Crippen LogP contribution in [0.5, 0.6) is 5.75 Å². The predicted octanol–water partition coefficient (Wildman–Crippen LogP) is 3.04. The summed E-state index contributed by atoms with van der Waals surface area (Å²) in [5, 5.41) is 0. The molecule has 4 aliphatic rings. The van der Waals surface area contributed by atoms with Crippen molar-refractivity contribution in [1.82, 2.24) is 9.80 Å². The first-order valence-corrected chi connectivity index (χ1v) is 12.4.